The molecule has 22 heavy (non-hydrogen) atoms. The highest BCUT2D eigenvalue weighted by atomic mass is 16.6. The molecule has 0 unspecified atom stereocenters. The van der Waals surface area contributed by atoms with Gasteiger partial charge in [0, 0.05) is 17.7 Å². The van der Waals surface area contributed by atoms with Gasteiger partial charge in [0.25, 0.3) is 5.69 Å². The third kappa shape index (κ3) is 3.40. The standard InChI is InChI=1S/C14H15N3O5/c1-2-3-8-22-14(19)11-13(18)16-12(15-11)9-4-6-10(7-5-9)17(20)21/h4-7,18H,2-3,8H2,1H3,(H,15,16). The first kappa shape index (κ1) is 15.5. The molecule has 0 bridgehead atoms. The largest absolute Gasteiger partial charge is 0.492 e. The van der Waals surface area contributed by atoms with Gasteiger partial charge in [-0.3, -0.25) is 10.1 Å². The first-order valence-corrected chi connectivity index (χ1v) is 6.73. The van der Waals surface area contributed by atoms with Crippen molar-refractivity contribution in [2.45, 2.75) is 19.8 Å². The average Bonchev–Trinajstić information content (AvgIpc) is 2.89. The summed E-state index contributed by atoms with van der Waals surface area (Å²) in [6, 6.07) is 5.58. The van der Waals surface area contributed by atoms with E-state index in [1.165, 1.54) is 24.3 Å². The first-order chi connectivity index (χ1) is 10.5. The number of esters is 1. The fraction of sp³-hybridized carbons (Fsp3) is 0.286. The van der Waals surface area contributed by atoms with Crippen molar-refractivity contribution in [3.05, 3.63) is 40.1 Å². The summed E-state index contributed by atoms with van der Waals surface area (Å²) in [6.07, 6.45) is 1.62. The molecule has 0 saturated carbocycles. The summed E-state index contributed by atoms with van der Waals surface area (Å²) >= 11 is 0. The topological polar surface area (TPSA) is 118 Å². The van der Waals surface area contributed by atoms with Crippen molar-refractivity contribution >= 4 is 11.7 Å². The van der Waals surface area contributed by atoms with Crippen molar-refractivity contribution in [3.63, 3.8) is 0 Å². The Hall–Kier alpha value is -2.90. The van der Waals surface area contributed by atoms with Crippen LogP contribution in [0.4, 0.5) is 5.69 Å². The molecule has 2 N–H and O–H groups in total. The van der Waals surface area contributed by atoms with Crippen molar-refractivity contribution in [1.82, 2.24) is 9.97 Å². The molecule has 0 spiro atoms. The quantitative estimate of drug-likeness (QED) is 0.366. The number of ether oxygens (including phenoxy) is 1. The van der Waals surface area contributed by atoms with Gasteiger partial charge in [-0.05, 0) is 18.6 Å². The molecule has 2 aromatic rings. The molecular weight excluding hydrogens is 290 g/mol. The number of aromatic nitrogens is 2. The smallest absolute Gasteiger partial charge is 0.360 e. The zero-order valence-electron chi connectivity index (χ0n) is 11.9. The minimum atomic E-state index is -0.688. The lowest BCUT2D eigenvalue weighted by atomic mass is 10.2. The van der Waals surface area contributed by atoms with E-state index in [0.717, 1.165) is 12.8 Å². The van der Waals surface area contributed by atoms with E-state index in [9.17, 15) is 20.0 Å². The number of benzene rings is 1. The van der Waals surface area contributed by atoms with Gasteiger partial charge in [-0.2, -0.15) is 4.98 Å². The Bertz CT molecular complexity index is 678. The highest BCUT2D eigenvalue weighted by molar-refractivity contribution is 5.90. The summed E-state index contributed by atoms with van der Waals surface area (Å²) in [5.41, 5.74) is 0.316. The van der Waals surface area contributed by atoms with E-state index in [2.05, 4.69) is 9.97 Å². The van der Waals surface area contributed by atoms with Crippen molar-refractivity contribution in [1.29, 1.82) is 0 Å². The van der Waals surface area contributed by atoms with E-state index >= 15 is 0 Å². The lowest BCUT2D eigenvalue weighted by Crippen LogP contribution is -2.07. The number of hydrogen-bond acceptors (Lipinski definition) is 6. The van der Waals surface area contributed by atoms with Crippen molar-refractivity contribution in [2.24, 2.45) is 0 Å². The van der Waals surface area contributed by atoms with E-state index in [-0.39, 0.29) is 23.8 Å². The van der Waals surface area contributed by atoms with Crippen LogP contribution in [-0.2, 0) is 4.74 Å². The molecule has 0 aliphatic rings. The maximum Gasteiger partial charge on any atom is 0.360 e. The molecule has 0 fully saturated rings. The van der Waals surface area contributed by atoms with Gasteiger partial charge in [0.15, 0.2) is 5.69 Å². The summed E-state index contributed by atoms with van der Waals surface area (Å²) in [6.45, 7) is 2.23. The maximum absolute atomic E-state index is 11.8. The Morgan fingerprint density at radius 1 is 1.41 bits per heavy atom. The van der Waals surface area contributed by atoms with Crippen molar-refractivity contribution < 1.29 is 19.6 Å². The molecule has 116 valence electrons. The van der Waals surface area contributed by atoms with Gasteiger partial charge in [0.1, 0.15) is 5.82 Å². The number of carbonyl (C=O) groups excluding carboxylic acids is 1. The maximum atomic E-state index is 11.8. The second-order valence-corrected chi connectivity index (χ2v) is 4.58. The number of aromatic amines is 1. The summed E-state index contributed by atoms with van der Waals surface area (Å²) in [5.74, 6) is -0.920. The molecule has 0 saturated heterocycles. The Morgan fingerprint density at radius 3 is 2.68 bits per heavy atom. The number of nitrogens with zero attached hydrogens (tertiary/aromatic N) is 2. The molecule has 0 atom stereocenters. The number of nitro benzene ring substituents is 1. The fourth-order valence-electron chi connectivity index (χ4n) is 1.77. The molecule has 2 rings (SSSR count). The molecule has 1 heterocycles. The monoisotopic (exact) mass is 305 g/mol. The van der Waals surface area contributed by atoms with Crippen LogP contribution in [0, 0.1) is 10.1 Å². The van der Waals surface area contributed by atoms with Gasteiger partial charge in [0.05, 0.1) is 11.5 Å². The van der Waals surface area contributed by atoms with Crippen LogP contribution >= 0.6 is 0 Å². The highest BCUT2D eigenvalue weighted by Crippen LogP contribution is 2.24. The third-order valence-corrected chi connectivity index (χ3v) is 2.97. The average molecular weight is 305 g/mol. The van der Waals surface area contributed by atoms with Crippen LogP contribution in [0.25, 0.3) is 11.4 Å². The summed E-state index contributed by atoms with van der Waals surface area (Å²) in [4.78, 5) is 28.4. The molecule has 0 aliphatic carbocycles. The van der Waals surface area contributed by atoms with E-state index in [1.807, 2.05) is 6.92 Å². The normalized spacial score (nSPS) is 10.4. The number of nitro groups is 1. The number of carbonyl (C=O) groups is 1. The lowest BCUT2D eigenvalue weighted by molar-refractivity contribution is -0.384. The molecule has 1 aromatic carbocycles. The molecule has 8 heteroatoms. The van der Waals surface area contributed by atoms with Crippen LogP contribution in [0.5, 0.6) is 5.88 Å². The van der Waals surface area contributed by atoms with E-state index < -0.39 is 16.8 Å². The van der Waals surface area contributed by atoms with Gasteiger partial charge in [-0.25, -0.2) is 4.79 Å². The number of aromatic hydroxyl groups is 1. The number of H-pyrrole nitrogens is 1. The predicted octanol–water partition coefficient (Wildman–Crippen LogP) is 2.65. The number of hydrogen-bond donors (Lipinski definition) is 2. The number of unbranched alkanes of at least 4 members (excludes halogenated alkanes) is 1. The Balaban J connectivity index is 2.18. The molecule has 1 aromatic heterocycles. The molecule has 0 aliphatic heterocycles. The van der Waals surface area contributed by atoms with Crippen LogP contribution in [0.1, 0.15) is 30.3 Å². The number of nitrogens with one attached hydrogen (secondary N) is 1. The van der Waals surface area contributed by atoms with E-state index in [0.29, 0.717) is 5.56 Å². The summed E-state index contributed by atoms with van der Waals surface area (Å²) in [5, 5.41) is 20.3. The van der Waals surface area contributed by atoms with Crippen molar-refractivity contribution in [3.8, 4) is 17.3 Å². The van der Waals surface area contributed by atoms with Gasteiger partial charge in [0.2, 0.25) is 5.88 Å². The minimum Gasteiger partial charge on any atom is -0.492 e. The number of rotatable bonds is 6. The highest BCUT2D eigenvalue weighted by Gasteiger charge is 2.19. The third-order valence-electron chi connectivity index (χ3n) is 2.97. The van der Waals surface area contributed by atoms with Crippen LogP contribution in [0.3, 0.4) is 0 Å². The SMILES string of the molecule is CCCCOC(=O)c1[nH]c(-c2ccc([N+](=O)[O-])cc2)nc1O. The second kappa shape index (κ2) is 6.70. The Morgan fingerprint density at radius 2 is 2.09 bits per heavy atom. The zero-order valence-corrected chi connectivity index (χ0v) is 11.9. The summed E-state index contributed by atoms with van der Waals surface area (Å²) in [7, 11) is 0. The van der Waals surface area contributed by atoms with Gasteiger partial charge >= 0.3 is 5.97 Å². The predicted molar refractivity (Wildman–Crippen MR) is 77.5 cm³/mol. The van der Waals surface area contributed by atoms with Crippen LogP contribution in [0.15, 0.2) is 24.3 Å². The Labute approximate surface area is 125 Å². The fourth-order valence-corrected chi connectivity index (χ4v) is 1.77. The van der Waals surface area contributed by atoms with E-state index in [4.69, 9.17) is 4.74 Å². The van der Waals surface area contributed by atoms with E-state index in [1.54, 1.807) is 0 Å². The van der Waals surface area contributed by atoms with Crippen LogP contribution in [0.2, 0.25) is 0 Å². The van der Waals surface area contributed by atoms with Gasteiger partial charge < -0.3 is 14.8 Å². The number of non-ortho nitro benzene ring substituents is 1. The summed E-state index contributed by atoms with van der Waals surface area (Å²) < 4.78 is 4.99. The first-order valence-electron chi connectivity index (χ1n) is 6.73. The molecular formula is C14H15N3O5. The lowest BCUT2D eigenvalue weighted by Gasteiger charge is -2.01. The van der Waals surface area contributed by atoms with Crippen LogP contribution < -0.4 is 0 Å². The molecule has 8 nitrogen and oxygen atoms in total. The van der Waals surface area contributed by atoms with Crippen LogP contribution in [-0.4, -0.2) is 32.6 Å². The number of imidazole rings is 1. The van der Waals surface area contributed by atoms with Gasteiger partial charge in [-0.15, -0.1) is 0 Å². The van der Waals surface area contributed by atoms with Crippen molar-refractivity contribution in [2.75, 3.05) is 6.61 Å². The molecule has 0 amide bonds. The second-order valence-electron chi connectivity index (χ2n) is 4.58. The zero-order chi connectivity index (χ0) is 16.1. The van der Waals surface area contributed by atoms with Gasteiger partial charge in [-0.1, -0.05) is 13.3 Å². The minimum absolute atomic E-state index is 0.0567. The Kier molecular flexibility index (Phi) is 4.72. The molecule has 0 radical (unpaired) electrons.